The van der Waals surface area contributed by atoms with Gasteiger partial charge < -0.3 is 4.55 Å². The molecule has 2 heterocycles. The van der Waals surface area contributed by atoms with Crippen molar-refractivity contribution in [3.05, 3.63) is 42.5 Å². The number of rotatable bonds is 5. The molecule has 0 N–H and O–H groups in total. The zero-order valence-corrected chi connectivity index (χ0v) is 12.5. The first-order valence-corrected chi connectivity index (χ1v) is 8.06. The van der Waals surface area contributed by atoms with Crippen LogP contribution in [0.3, 0.4) is 0 Å². The van der Waals surface area contributed by atoms with E-state index >= 15 is 0 Å². The highest BCUT2D eigenvalue weighted by Gasteiger charge is 2.41. The van der Waals surface area contributed by atoms with Crippen LogP contribution in [-0.2, 0) is 22.8 Å². The van der Waals surface area contributed by atoms with E-state index < -0.39 is 27.7 Å². The van der Waals surface area contributed by atoms with Crippen molar-refractivity contribution in [2.45, 2.75) is 19.1 Å². The molecule has 0 saturated heterocycles. The van der Waals surface area contributed by atoms with Gasteiger partial charge in [0.25, 0.3) is 5.69 Å². The molecule has 0 spiro atoms. The van der Waals surface area contributed by atoms with Crippen LogP contribution < -0.4 is 4.57 Å². The lowest BCUT2D eigenvalue weighted by atomic mass is 10.2. The second kappa shape index (κ2) is 6.59. The van der Waals surface area contributed by atoms with Crippen LogP contribution in [0, 0.1) is 0 Å². The number of halogens is 3. The molecular formula is C13H12F3N3O3S. The van der Waals surface area contributed by atoms with E-state index in [0.717, 1.165) is 10.6 Å². The van der Waals surface area contributed by atoms with Gasteiger partial charge in [-0.25, -0.2) is 18.4 Å². The average molecular weight is 347 g/mol. The van der Waals surface area contributed by atoms with E-state index in [1.807, 2.05) is 0 Å². The largest absolute Gasteiger partial charge is 0.748 e. The Kier molecular flexibility index (Phi) is 4.95. The molecule has 2 aromatic heterocycles. The molecule has 0 radical (unpaired) electrons. The lowest BCUT2D eigenvalue weighted by Gasteiger charge is -2.09. The summed E-state index contributed by atoms with van der Waals surface area (Å²) in [5.74, 6) is -0.576. The van der Waals surface area contributed by atoms with Crippen molar-refractivity contribution in [2.75, 3.05) is 5.75 Å². The number of alkyl halides is 3. The number of nitrogens with zero attached hydrogens (tertiary/aromatic N) is 3. The predicted octanol–water partition coefficient (Wildman–Crippen LogP) is 1.39. The molecule has 0 saturated carbocycles. The molecule has 0 atom stereocenters. The number of hydrogen-bond donors (Lipinski definition) is 0. The minimum atomic E-state index is -4.64. The Morgan fingerprint density at radius 3 is 2.43 bits per heavy atom. The van der Waals surface area contributed by atoms with Gasteiger partial charge >= 0.3 is 6.18 Å². The summed E-state index contributed by atoms with van der Waals surface area (Å²) in [7, 11) is -4.46. The topological polar surface area (TPSA) is 86.9 Å². The normalized spacial score (nSPS) is 12.3. The molecule has 0 aromatic carbocycles. The highest BCUT2D eigenvalue weighted by molar-refractivity contribution is 7.85. The summed E-state index contributed by atoms with van der Waals surface area (Å²) in [6, 6.07) is 3.83. The zero-order chi connectivity index (χ0) is 17.1. The van der Waals surface area contributed by atoms with Crippen molar-refractivity contribution in [1.82, 2.24) is 9.97 Å². The van der Waals surface area contributed by atoms with E-state index in [2.05, 4.69) is 9.97 Å². The van der Waals surface area contributed by atoms with Gasteiger partial charge in [-0.15, -0.1) is 0 Å². The summed E-state index contributed by atoms with van der Waals surface area (Å²) in [5, 5.41) is 0. The zero-order valence-electron chi connectivity index (χ0n) is 11.7. The number of aryl methyl sites for hydroxylation is 1. The molecule has 0 unspecified atom stereocenters. The van der Waals surface area contributed by atoms with E-state index in [1.54, 1.807) is 6.07 Å². The van der Waals surface area contributed by atoms with Crippen LogP contribution in [0.15, 0.2) is 36.8 Å². The third kappa shape index (κ3) is 4.96. The monoisotopic (exact) mass is 347 g/mol. The maximum Gasteiger partial charge on any atom is 0.477 e. The van der Waals surface area contributed by atoms with Crippen LogP contribution in [0.1, 0.15) is 12.1 Å². The molecule has 0 aliphatic heterocycles. The van der Waals surface area contributed by atoms with Crippen molar-refractivity contribution in [3.8, 4) is 11.4 Å². The van der Waals surface area contributed by atoms with E-state index in [-0.39, 0.29) is 24.4 Å². The van der Waals surface area contributed by atoms with Gasteiger partial charge in [-0.3, -0.25) is 0 Å². The van der Waals surface area contributed by atoms with E-state index in [4.69, 9.17) is 0 Å². The summed E-state index contributed by atoms with van der Waals surface area (Å²) in [6.07, 6.45) is -0.848. The first-order chi connectivity index (χ1) is 10.7. The summed E-state index contributed by atoms with van der Waals surface area (Å²) >= 11 is 0. The van der Waals surface area contributed by atoms with Crippen LogP contribution >= 0.6 is 0 Å². The fraction of sp³-hybridized carbons (Fsp3) is 0.308. The number of hydrogen-bond acceptors (Lipinski definition) is 5. The summed E-state index contributed by atoms with van der Waals surface area (Å²) < 4.78 is 72.0. The van der Waals surface area contributed by atoms with E-state index in [0.29, 0.717) is 0 Å². The fourth-order valence-corrected chi connectivity index (χ4v) is 2.45. The summed E-state index contributed by atoms with van der Waals surface area (Å²) in [6.45, 7) is -0.244. The third-order valence-electron chi connectivity index (χ3n) is 2.94. The van der Waals surface area contributed by atoms with Crippen molar-refractivity contribution in [2.24, 2.45) is 0 Å². The Hall–Kier alpha value is -2.07. The maximum absolute atomic E-state index is 13.2. The molecule has 0 amide bonds. The molecule has 0 bridgehead atoms. The van der Waals surface area contributed by atoms with Crippen LogP contribution in [0.5, 0.6) is 0 Å². The smallest absolute Gasteiger partial charge is 0.477 e. The quantitative estimate of drug-likeness (QED) is 0.602. The molecule has 10 heteroatoms. The maximum atomic E-state index is 13.2. The standard InChI is InChI=1S/C13H12F3N3O3S/c14-13(15,16)11-9-10(12-17-4-1-5-18-12)3-7-19(11)6-2-8-23(20,21)22/h1,3-5,7,9H,2,6,8H2. The number of aromatic nitrogens is 3. The van der Waals surface area contributed by atoms with Crippen LogP contribution in [0.4, 0.5) is 13.2 Å². The van der Waals surface area contributed by atoms with Gasteiger partial charge in [0.1, 0.15) is 6.54 Å². The minimum Gasteiger partial charge on any atom is -0.748 e. The molecular weight excluding hydrogens is 335 g/mol. The average Bonchev–Trinajstić information content (AvgIpc) is 2.46. The van der Waals surface area contributed by atoms with Crippen LogP contribution in [-0.4, -0.2) is 28.7 Å². The Morgan fingerprint density at radius 1 is 1.22 bits per heavy atom. The Balaban J connectivity index is 2.32. The lowest BCUT2D eigenvalue weighted by Crippen LogP contribution is -2.42. The highest BCUT2D eigenvalue weighted by Crippen LogP contribution is 2.28. The molecule has 6 nitrogen and oxygen atoms in total. The van der Waals surface area contributed by atoms with Crippen molar-refractivity contribution in [3.63, 3.8) is 0 Å². The summed E-state index contributed by atoms with van der Waals surface area (Å²) in [4.78, 5) is 7.78. The lowest BCUT2D eigenvalue weighted by molar-refractivity contribution is -0.714. The molecule has 0 fully saturated rings. The molecule has 2 aromatic rings. The van der Waals surface area contributed by atoms with E-state index in [9.17, 15) is 26.1 Å². The molecule has 124 valence electrons. The fourth-order valence-electron chi connectivity index (χ4n) is 1.97. The molecule has 23 heavy (non-hydrogen) atoms. The predicted molar refractivity (Wildman–Crippen MR) is 71.8 cm³/mol. The summed E-state index contributed by atoms with van der Waals surface area (Å²) in [5.41, 5.74) is -0.781. The van der Waals surface area contributed by atoms with Gasteiger partial charge in [0, 0.05) is 42.3 Å². The van der Waals surface area contributed by atoms with Crippen LogP contribution in [0.25, 0.3) is 11.4 Å². The molecule has 0 aliphatic carbocycles. The van der Waals surface area contributed by atoms with Crippen molar-refractivity contribution in [1.29, 1.82) is 0 Å². The Labute approximate surface area is 130 Å². The van der Waals surface area contributed by atoms with Gasteiger partial charge in [0.05, 0.1) is 10.1 Å². The number of pyridine rings is 1. The molecule has 2 rings (SSSR count). The second-order valence-corrected chi connectivity index (χ2v) is 6.20. The van der Waals surface area contributed by atoms with Crippen molar-refractivity contribution < 1.29 is 30.7 Å². The first-order valence-electron chi connectivity index (χ1n) is 6.48. The SMILES string of the molecule is O=S(=O)([O-])CCC[n+]1ccc(-c2ncccn2)cc1C(F)(F)F. The molecule has 0 aliphatic rings. The Morgan fingerprint density at radius 2 is 1.87 bits per heavy atom. The Bertz CT molecular complexity index is 780. The van der Waals surface area contributed by atoms with Gasteiger partial charge in [-0.2, -0.15) is 17.7 Å². The van der Waals surface area contributed by atoms with Crippen molar-refractivity contribution >= 4 is 10.1 Å². The van der Waals surface area contributed by atoms with Gasteiger partial charge in [-0.1, -0.05) is 0 Å². The van der Waals surface area contributed by atoms with Crippen LogP contribution in [0.2, 0.25) is 0 Å². The van der Waals surface area contributed by atoms with Gasteiger partial charge in [0.15, 0.2) is 12.0 Å². The van der Waals surface area contributed by atoms with Gasteiger partial charge in [-0.05, 0) is 6.07 Å². The van der Waals surface area contributed by atoms with Gasteiger partial charge in [0.2, 0.25) is 0 Å². The highest BCUT2D eigenvalue weighted by atomic mass is 32.2. The first kappa shape index (κ1) is 17.3. The minimum absolute atomic E-state index is 0.146. The second-order valence-electron chi connectivity index (χ2n) is 4.68. The third-order valence-corrected chi connectivity index (χ3v) is 3.73. The van der Waals surface area contributed by atoms with E-state index in [1.165, 1.54) is 24.7 Å².